The average Bonchev–Trinajstić information content (AvgIpc) is 2.57. The van der Waals surface area contributed by atoms with E-state index in [2.05, 4.69) is 17.4 Å². The molecule has 0 saturated heterocycles. The predicted molar refractivity (Wildman–Crippen MR) is 109 cm³/mol. The molecule has 5 nitrogen and oxygen atoms in total. The van der Waals surface area contributed by atoms with Gasteiger partial charge in [-0.25, -0.2) is 4.79 Å². The second kappa shape index (κ2) is 11.1. The van der Waals surface area contributed by atoms with Crippen molar-refractivity contribution in [2.45, 2.75) is 51.7 Å². The van der Waals surface area contributed by atoms with Crippen molar-refractivity contribution in [2.75, 3.05) is 25.6 Å². The quantitative estimate of drug-likeness (QED) is 0.709. The molecular weight excluding hydrogens is 348 g/mol. The topological polar surface area (TPSA) is 58.6 Å². The molecule has 0 bridgehead atoms. The highest BCUT2D eigenvalue weighted by atomic mass is 32.2. The Kier molecular flexibility index (Phi) is 9.55. The van der Waals surface area contributed by atoms with Crippen molar-refractivity contribution in [3.05, 3.63) is 35.9 Å². The number of rotatable bonds is 9. The fraction of sp³-hybridized carbons (Fsp3) is 0.600. The van der Waals surface area contributed by atoms with Crippen molar-refractivity contribution < 1.29 is 14.3 Å². The molecule has 1 atom stereocenters. The van der Waals surface area contributed by atoms with E-state index >= 15 is 0 Å². The number of alkyl carbamates (subject to hydrolysis) is 1. The molecule has 0 spiro atoms. The maximum atomic E-state index is 12.7. The summed E-state index contributed by atoms with van der Waals surface area (Å²) < 4.78 is 5.29. The largest absolute Gasteiger partial charge is 0.444 e. The Hall–Kier alpha value is -1.69. The highest BCUT2D eigenvalue weighted by Crippen LogP contribution is 2.10. The summed E-state index contributed by atoms with van der Waals surface area (Å²) in [6, 6.07) is 9.66. The first-order chi connectivity index (χ1) is 12.2. The number of thioether (sulfide) groups is 1. The molecule has 1 aromatic rings. The van der Waals surface area contributed by atoms with E-state index in [1.165, 1.54) is 5.56 Å². The number of likely N-dealkylation sites (N-methyl/N-ethyl adjacent to an activating group) is 1. The number of nitrogens with one attached hydrogen (secondary N) is 1. The molecule has 146 valence electrons. The van der Waals surface area contributed by atoms with E-state index in [4.69, 9.17) is 4.74 Å². The molecule has 0 aliphatic rings. The number of benzene rings is 1. The van der Waals surface area contributed by atoms with Crippen LogP contribution in [-0.4, -0.2) is 54.1 Å². The van der Waals surface area contributed by atoms with E-state index in [9.17, 15) is 9.59 Å². The summed E-state index contributed by atoms with van der Waals surface area (Å²) in [6.45, 7) is 6.07. The fourth-order valence-corrected chi connectivity index (χ4v) is 2.96. The molecule has 0 saturated carbocycles. The van der Waals surface area contributed by atoms with Crippen LogP contribution >= 0.6 is 11.8 Å². The monoisotopic (exact) mass is 380 g/mol. The van der Waals surface area contributed by atoms with Crippen LogP contribution in [0.4, 0.5) is 4.79 Å². The number of carbonyl (C=O) groups excluding carboxylic acids is 2. The minimum Gasteiger partial charge on any atom is -0.444 e. The Morgan fingerprint density at radius 1 is 1.23 bits per heavy atom. The van der Waals surface area contributed by atoms with Crippen molar-refractivity contribution in [3.8, 4) is 0 Å². The molecular formula is C20H32N2O3S. The van der Waals surface area contributed by atoms with Crippen LogP contribution in [0.25, 0.3) is 0 Å². The van der Waals surface area contributed by atoms with E-state index in [0.29, 0.717) is 13.0 Å². The maximum Gasteiger partial charge on any atom is 0.408 e. The fourth-order valence-electron chi connectivity index (χ4n) is 2.48. The maximum absolute atomic E-state index is 12.7. The van der Waals surface area contributed by atoms with Gasteiger partial charge in [-0.15, -0.1) is 0 Å². The van der Waals surface area contributed by atoms with Gasteiger partial charge in [0.25, 0.3) is 0 Å². The Balaban J connectivity index is 2.55. The highest BCUT2D eigenvalue weighted by molar-refractivity contribution is 7.98. The molecule has 0 aliphatic heterocycles. The SMILES string of the molecule is CSCC[C@@H](NC(=O)OC(C)(C)C)C(=O)N(C)CCCc1ccccc1. The van der Waals surface area contributed by atoms with Crippen molar-refractivity contribution in [2.24, 2.45) is 0 Å². The van der Waals surface area contributed by atoms with Gasteiger partial charge in [-0.1, -0.05) is 30.3 Å². The van der Waals surface area contributed by atoms with Gasteiger partial charge in [-0.05, 0) is 57.6 Å². The Morgan fingerprint density at radius 3 is 2.46 bits per heavy atom. The third-order valence-corrected chi connectivity index (χ3v) is 4.42. The summed E-state index contributed by atoms with van der Waals surface area (Å²) in [7, 11) is 1.79. The molecule has 1 N–H and O–H groups in total. The number of ether oxygens (including phenoxy) is 1. The molecule has 0 fully saturated rings. The first-order valence-corrected chi connectivity index (χ1v) is 10.4. The Bertz CT molecular complexity index is 558. The molecule has 0 heterocycles. The molecule has 0 unspecified atom stereocenters. The van der Waals surface area contributed by atoms with Crippen LogP contribution in [0, 0.1) is 0 Å². The first-order valence-electron chi connectivity index (χ1n) is 9.00. The third kappa shape index (κ3) is 9.13. The van der Waals surface area contributed by atoms with Crippen molar-refractivity contribution in [1.82, 2.24) is 10.2 Å². The molecule has 0 aliphatic carbocycles. The standard InChI is InChI=1S/C20H32N2O3S/c1-20(2,3)25-19(24)21-17(13-15-26-5)18(23)22(4)14-9-12-16-10-7-6-8-11-16/h6-8,10-11,17H,9,12-15H2,1-5H3,(H,21,24)/t17-/m1/s1. The van der Waals surface area contributed by atoms with E-state index in [1.807, 2.05) is 24.5 Å². The van der Waals surface area contributed by atoms with Gasteiger partial charge < -0.3 is 15.0 Å². The van der Waals surface area contributed by atoms with Crippen molar-refractivity contribution in [1.29, 1.82) is 0 Å². The van der Waals surface area contributed by atoms with E-state index in [0.717, 1.165) is 18.6 Å². The molecule has 1 rings (SSSR count). The van der Waals surface area contributed by atoms with Crippen molar-refractivity contribution >= 4 is 23.8 Å². The summed E-state index contributed by atoms with van der Waals surface area (Å²) in [6.07, 6.45) is 3.83. The average molecular weight is 381 g/mol. The van der Waals surface area contributed by atoms with Crippen LogP contribution in [-0.2, 0) is 16.0 Å². The molecule has 2 amide bonds. The smallest absolute Gasteiger partial charge is 0.408 e. The van der Waals surface area contributed by atoms with E-state index in [1.54, 1.807) is 44.5 Å². The molecule has 0 radical (unpaired) electrons. The van der Waals surface area contributed by atoms with Gasteiger partial charge in [0.05, 0.1) is 0 Å². The summed E-state index contributed by atoms with van der Waals surface area (Å²) >= 11 is 1.65. The van der Waals surface area contributed by atoms with Crippen LogP contribution in [0.15, 0.2) is 30.3 Å². The van der Waals surface area contributed by atoms with Crippen LogP contribution in [0.5, 0.6) is 0 Å². The minimum atomic E-state index is -0.585. The van der Waals surface area contributed by atoms with Gasteiger partial charge in [-0.2, -0.15) is 11.8 Å². The first kappa shape index (κ1) is 22.4. The third-order valence-electron chi connectivity index (χ3n) is 3.78. The summed E-state index contributed by atoms with van der Waals surface area (Å²) in [4.78, 5) is 26.5. The van der Waals surface area contributed by atoms with Gasteiger partial charge in [0.15, 0.2) is 0 Å². The second-order valence-electron chi connectivity index (χ2n) is 7.33. The van der Waals surface area contributed by atoms with Crippen LogP contribution in [0.2, 0.25) is 0 Å². The van der Waals surface area contributed by atoms with Gasteiger partial charge >= 0.3 is 6.09 Å². The summed E-state index contributed by atoms with van der Waals surface area (Å²) in [5.74, 6) is 0.724. The number of aryl methyl sites for hydroxylation is 1. The summed E-state index contributed by atoms with van der Waals surface area (Å²) in [5, 5.41) is 2.73. The number of hydrogen-bond donors (Lipinski definition) is 1. The lowest BCUT2D eigenvalue weighted by Gasteiger charge is -2.26. The number of carbonyl (C=O) groups is 2. The lowest BCUT2D eigenvalue weighted by atomic mass is 10.1. The molecule has 1 aromatic carbocycles. The predicted octanol–water partition coefficient (Wildman–Crippen LogP) is 3.72. The minimum absolute atomic E-state index is 0.0713. The zero-order valence-electron chi connectivity index (χ0n) is 16.6. The number of amides is 2. The lowest BCUT2D eigenvalue weighted by molar-refractivity contribution is -0.132. The normalized spacial score (nSPS) is 12.3. The number of hydrogen-bond acceptors (Lipinski definition) is 4. The van der Waals surface area contributed by atoms with Gasteiger partial charge in [0, 0.05) is 13.6 Å². The molecule has 0 aromatic heterocycles. The Labute approximate surface area is 161 Å². The zero-order chi connectivity index (χ0) is 19.6. The number of nitrogens with zero attached hydrogens (tertiary/aromatic N) is 1. The highest BCUT2D eigenvalue weighted by Gasteiger charge is 2.26. The van der Waals surface area contributed by atoms with E-state index < -0.39 is 17.7 Å². The van der Waals surface area contributed by atoms with E-state index in [-0.39, 0.29) is 5.91 Å². The zero-order valence-corrected chi connectivity index (χ0v) is 17.4. The lowest BCUT2D eigenvalue weighted by Crippen LogP contribution is -2.49. The molecule has 26 heavy (non-hydrogen) atoms. The van der Waals surface area contributed by atoms with Gasteiger partial charge in [0.1, 0.15) is 11.6 Å². The van der Waals surface area contributed by atoms with Crippen LogP contribution in [0.3, 0.4) is 0 Å². The van der Waals surface area contributed by atoms with Crippen molar-refractivity contribution in [3.63, 3.8) is 0 Å². The Morgan fingerprint density at radius 2 is 1.88 bits per heavy atom. The van der Waals surface area contributed by atoms with Gasteiger partial charge in [0.2, 0.25) is 5.91 Å². The second-order valence-corrected chi connectivity index (χ2v) is 8.31. The molecule has 6 heteroatoms. The van der Waals surface area contributed by atoms with Crippen LogP contribution in [0.1, 0.15) is 39.2 Å². The summed E-state index contributed by atoms with van der Waals surface area (Å²) in [5.41, 5.74) is 0.679. The van der Waals surface area contributed by atoms with Gasteiger partial charge in [-0.3, -0.25) is 4.79 Å². The van der Waals surface area contributed by atoms with Crippen LogP contribution < -0.4 is 5.32 Å².